The minimum atomic E-state index is 0.264. The molecule has 0 amide bonds. The molecule has 1 aromatic heterocycles. The standard InChI is InChI=1S/C21H24N2OS/c24-18-4-2-1-3-17(18)12-22-20-23-19(13-25-20)21-9-14-5-6-15(10-21)8-16(7-14)11-21/h1-4,12-16,24H,5-11H2/b22-12+. The molecule has 3 nitrogen and oxygen atoms in total. The second-order valence-corrected chi connectivity index (χ2v) is 9.21. The zero-order chi connectivity index (χ0) is 16.9. The summed E-state index contributed by atoms with van der Waals surface area (Å²) in [6.45, 7) is 0. The largest absolute Gasteiger partial charge is 0.507 e. The summed E-state index contributed by atoms with van der Waals surface area (Å²) in [5, 5.41) is 12.9. The molecule has 25 heavy (non-hydrogen) atoms. The van der Waals surface area contributed by atoms with Crippen molar-refractivity contribution in [1.29, 1.82) is 0 Å². The van der Waals surface area contributed by atoms with Gasteiger partial charge in [0.15, 0.2) is 0 Å². The summed E-state index contributed by atoms with van der Waals surface area (Å²) >= 11 is 1.64. The second kappa shape index (κ2) is 5.94. The molecule has 0 radical (unpaired) electrons. The Morgan fingerprint density at radius 1 is 1.08 bits per heavy atom. The van der Waals surface area contributed by atoms with Gasteiger partial charge in [0.25, 0.3) is 0 Å². The molecule has 2 unspecified atom stereocenters. The van der Waals surface area contributed by atoms with Crippen LogP contribution in [0.2, 0.25) is 0 Å². The zero-order valence-corrected chi connectivity index (χ0v) is 15.2. The van der Waals surface area contributed by atoms with E-state index in [-0.39, 0.29) is 5.75 Å². The van der Waals surface area contributed by atoms with Crippen molar-refractivity contribution in [3.05, 3.63) is 40.9 Å². The predicted molar refractivity (Wildman–Crippen MR) is 102 cm³/mol. The fourth-order valence-corrected chi connectivity index (χ4v) is 6.58. The summed E-state index contributed by atoms with van der Waals surface area (Å²) in [4.78, 5) is 9.46. The number of hydrogen-bond donors (Lipinski definition) is 1. The van der Waals surface area contributed by atoms with Crippen LogP contribution in [-0.4, -0.2) is 16.3 Å². The van der Waals surface area contributed by atoms with Crippen molar-refractivity contribution in [2.45, 2.75) is 50.4 Å². The molecule has 4 heteroatoms. The van der Waals surface area contributed by atoms with Crippen molar-refractivity contribution < 1.29 is 5.11 Å². The summed E-state index contributed by atoms with van der Waals surface area (Å²) in [5.41, 5.74) is 2.36. The number of phenols is 1. The van der Waals surface area contributed by atoms with Crippen molar-refractivity contribution in [2.75, 3.05) is 0 Å². The van der Waals surface area contributed by atoms with Crippen molar-refractivity contribution in [3.8, 4) is 5.75 Å². The Balaban J connectivity index is 1.42. The van der Waals surface area contributed by atoms with Crippen molar-refractivity contribution in [1.82, 2.24) is 4.98 Å². The van der Waals surface area contributed by atoms with Gasteiger partial charge in [0, 0.05) is 22.6 Å². The van der Waals surface area contributed by atoms with Gasteiger partial charge in [0.2, 0.25) is 5.13 Å². The van der Waals surface area contributed by atoms with Crippen LogP contribution in [0.4, 0.5) is 5.13 Å². The molecule has 4 bridgehead atoms. The lowest BCUT2D eigenvalue weighted by Crippen LogP contribution is -2.41. The lowest BCUT2D eigenvalue weighted by atomic mass is 9.57. The first-order valence-corrected chi connectivity index (χ1v) is 10.4. The number of fused-ring (bicyclic) bond motifs is 1. The first-order valence-electron chi connectivity index (χ1n) is 9.48. The molecular formula is C21H24N2OS. The van der Waals surface area contributed by atoms with E-state index in [0.29, 0.717) is 5.41 Å². The SMILES string of the molecule is Oc1ccccc1/C=N/c1nc(C23CC4CCC(CC(C4)C2)C3)cs1. The van der Waals surface area contributed by atoms with Crippen molar-refractivity contribution in [3.63, 3.8) is 0 Å². The highest BCUT2D eigenvalue weighted by Gasteiger charge is 2.50. The number of para-hydroxylation sites is 1. The molecule has 6 rings (SSSR count). The number of aliphatic imine (C=N–C) groups is 1. The number of hydrogen-bond acceptors (Lipinski definition) is 4. The van der Waals surface area contributed by atoms with Crippen LogP contribution in [0, 0.1) is 17.8 Å². The quantitative estimate of drug-likeness (QED) is 0.746. The van der Waals surface area contributed by atoms with Crippen LogP contribution >= 0.6 is 11.3 Å². The summed E-state index contributed by atoms with van der Waals surface area (Å²) in [5.74, 6) is 3.03. The molecule has 4 aliphatic rings. The molecule has 4 fully saturated rings. The van der Waals surface area contributed by atoms with E-state index >= 15 is 0 Å². The number of aromatic hydroxyl groups is 1. The van der Waals surface area contributed by atoms with E-state index in [1.54, 1.807) is 23.6 Å². The summed E-state index contributed by atoms with van der Waals surface area (Å²) < 4.78 is 0. The Kier molecular flexibility index (Phi) is 3.70. The lowest BCUT2D eigenvalue weighted by Gasteiger charge is -2.47. The Bertz CT molecular complexity index is 796. The average Bonchev–Trinajstić information content (AvgIpc) is 2.99. The van der Waals surface area contributed by atoms with Gasteiger partial charge < -0.3 is 5.11 Å². The number of rotatable bonds is 3. The van der Waals surface area contributed by atoms with Crippen LogP contribution in [0.1, 0.15) is 56.2 Å². The fourth-order valence-electron chi connectivity index (χ4n) is 5.79. The average molecular weight is 353 g/mol. The number of nitrogens with zero attached hydrogens (tertiary/aromatic N) is 2. The third kappa shape index (κ3) is 2.80. The zero-order valence-electron chi connectivity index (χ0n) is 14.4. The minimum absolute atomic E-state index is 0.264. The van der Waals surface area contributed by atoms with E-state index in [1.165, 1.54) is 50.6 Å². The van der Waals surface area contributed by atoms with E-state index in [0.717, 1.165) is 28.4 Å². The maximum atomic E-state index is 9.87. The maximum Gasteiger partial charge on any atom is 0.209 e. The lowest BCUT2D eigenvalue weighted by molar-refractivity contribution is 0.0957. The number of aromatic nitrogens is 1. The minimum Gasteiger partial charge on any atom is -0.507 e. The Morgan fingerprint density at radius 3 is 2.56 bits per heavy atom. The van der Waals surface area contributed by atoms with E-state index in [9.17, 15) is 5.11 Å². The van der Waals surface area contributed by atoms with E-state index < -0.39 is 0 Å². The first kappa shape index (κ1) is 15.6. The van der Waals surface area contributed by atoms with Gasteiger partial charge in [-0.3, -0.25) is 0 Å². The van der Waals surface area contributed by atoms with Crippen LogP contribution < -0.4 is 0 Å². The Morgan fingerprint density at radius 2 is 1.80 bits per heavy atom. The Labute approximate surface area is 152 Å². The number of thiazole rings is 1. The maximum absolute atomic E-state index is 9.87. The van der Waals surface area contributed by atoms with E-state index in [1.807, 2.05) is 18.2 Å². The Hall–Kier alpha value is -1.68. The molecular weight excluding hydrogens is 328 g/mol. The van der Waals surface area contributed by atoms with Gasteiger partial charge in [0.05, 0.1) is 5.69 Å². The number of benzene rings is 1. The third-order valence-electron chi connectivity index (χ3n) is 6.64. The van der Waals surface area contributed by atoms with Gasteiger partial charge in [-0.25, -0.2) is 9.98 Å². The van der Waals surface area contributed by atoms with Gasteiger partial charge in [0.1, 0.15) is 5.75 Å². The van der Waals surface area contributed by atoms with Crippen LogP contribution in [0.25, 0.3) is 0 Å². The second-order valence-electron chi connectivity index (χ2n) is 8.37. The topological polar surface area (TPSA) is 45.5 Å². The normalized spacial score (nSPS) is 33.8. The van der Waals surface area contributed by atoms with Gasteiger partial charge in [-0.15, -0.1) is 11.3 Å². The summed E-state index contributed by atoms with van der Waals surface area (Å²) in [7, 11) is 0. The first-order chi connectivity index (χ1) is 12.2. The molecule has 1 heterocycles. The number of phenolic OH excluding ortho intramolecular Hbond substituents is 1. The molecule has 1 aromatic carbocycles. The van der Waals surface area contributed by atoms with Crippen LogP contribution in [0.5, 0.6) is 5.75 Å². The predicted octanol–water partition coefficient (Wildman–Crippen LogP) is 5.46. The monoisotopic (exact) mass is 352 g/mol. The van der Waals surface area contributed by atoms with Crippen LogP contribution in [-0.2, 0) is 5.41 Å². The van der Waals surface area contributed by atoms with Crippen LogP contribution in [0.3, 0.4) is 0 Å². The highest BCUT2D eigenvalue weighted by molar-refractivity contribution is 7.13. The molecule has 130 valence electrons. The van der Waals surface area contributed by atoms with E-state index in [2.05, 4.69) is 10.4 Å². The van der Waals surface area contributed by atoms with Gasteiger partial charge in [-0.2, -0.15) is 0 Å². The van der Waals surface area contributed by atoms with Gasteiger partial charge in [-0.05, 0) is 62.0 Å². The molecule has 2 atom stereocenters. The molecule has 0 spiro atoms. The molecule has 0 aliphatic heterocycles. The molecule has 2 aromatic rings. The fraction of sp³-hybridized carbons (Fsp3) is 0.524. The smallest absolute Gasteiger partial charge is 0.209 e. The molecule has 0 saturated heterocycles. The summed E-state index contributed by atoms with van der Waals surface area (Å²) in [6, 6.07) is 7.29. The van der Waals surface area contributed by atoms with Crippen molar-refractivity contribution in [2.24, 2.45) is 22.7 Å². The molecule has 4 aliphatic carbocycles. The third-order valence-corrected chi connectivity index (χ3v) is 7.39. The van der Waals surface area contributed by atoms with Crippen molar-refractivity contribution >= 4 is 22.7 Å². The summed E-state index contributed by atoms with van der Waals surface area (Å²) in [6.07, 6.45) is 11.5. The molecule has 4 saturated carbocycles. The highest BCUT2D eigenvalue weighted by atomic mass is 32.1. The van der Waals surface area contributed by atoms with Gasteiger partial charge in [-0.1, -0.05) is 25.0 Å². The van der Waals surface area contributed by atoms with E-state index in [4.69, 9.17) is 4.98 Å². The highest BCUT2D eigenvalue weighted by Crippen LogP contribution is 2.58. The molecule has 1 N–H and O–H groups in total. The van der Waals surface area contributed by atoms with Gasteiger partial charge >= 0.3 is 0 Å². The van der Waals surface area contributed by atoms with Crippen LogP contribution in [0.15, 0.2) is 34.6 Å².